The lowest BCUT2D eigenvalue weighted by atomic mass is 10.2. The fourth-order valence-corrected chi connectivity index (χ4v) is 1.71. The van der Waals surface area contributed by atoms with Crippen molar-refractivity contribution in [3.05, 3.63) is 40.2 Å². The molecule has 9 heteroatoms. The van der Waals surface area contributed by atoms with Crippen LogP contribution in [0.3, 0.4) is 0 Å². The Morgan fingerprint density at radius 3 is 2.41 bits per heavy atom. The summed E-state index contributed by atoms with van der Waals surface area (Å²) in [5.41, 5.74) is -0.0466. The summed E-state index contributed by atoms with van der Waals surface area (Å²) < 4.78 is 1.33. The van der Waals surface area contributed by atoms with Crippen LogP contribution in [0, 0.1) is 0 Å². The summed E-state index contributed by atoms with van der Waals surface area (Å²) in [6, 6.07) is 5.67. The number of aromatic amines is 1. The van der Waals surface area contributed by atoms with Gasteiger partial charge in [0.25, 0.3) is 5.56 Å². The second-order valence-electron chi connectivity index (χ2n) is 4.43. The topological polar surface area (TPSA) is 129 Å². The number of H-pyrrole nitrogens is 1. The molecular weight excluding hydrogens is 290 g/mol. The van der Waals surface area contributed by atoms with Gasteiger partial charge >= 0.3 is 5.97 Å². The molecular formula is C13H13N5O4. The van der Waals surface area contributed by atoms with E-state index in [9.17, 15) is 14.4 Å². The lowest BCUT2D eigenvalue weighted by Gasteiger charge is -2.02. The van der Waals surface area contributed by atoms with Gasteiger partial charge in [-0.1, -0.05) is 0 Å². The molecule has 0 saturated heterocycles. The van der Waals surface area contributed by atoms with Crippen molar-refractivity contribution in [2.24, 2.45) is 17.3 Å². The zero-order chi connectivity index (χ0) is 16.3. The first-order valence-corrected chi connectivity index (χ1v) is 6.20. The van der Waals surface area contributed by atoms with Crippen LogP contribution in [-0.2, 0) is 11.8 Å². The minimum absolute atomic E-state index is 0.0417. The Labute approximate surface area is 124 Å². The predicted octanol–water partition coefficient (Wildman–Crippen LogP) is 1.79. The first kappa shape index (κ1) is 15.2. The standard InChI is InChI=1S/C13H13N5O4/c1-7(19)14-11-10(12(20)17-18(11)2)16-15-9-5-3-8(4-6-9)13(21)22/h3-6H,1-2H3,(H,14,19)(H,17,20)(H,21,22). The summed E-state index contributed by atoms with van der Waals surface area (Å²) in [6.45, 7) is 1.31. The Bertz CT molecular complexity index is 801. The van der Waals surface area contributed by atoms with Crippen molar-refractivity contribution in [1.29, 1.82) is 0 Å². The zero-order valence-corrected chi connectivity index (χ0v) is 11.8. The third-order valence-corrected chi connectivity index (χ3v) is 2.72. The van der Waals surface area contributed by atoms with E-state index in [1.807, 2.05) is 0 Å². The molecule has 0 unspecified atom stereocenters. The third kappa shape index (κ3) is 3.26. The number of hydrogen-bond acceptors (Lipinski definition) is 5. The van der Waals surface area contributed by atoms with Gasteiger partial charge in [-0.05, 0) is 24.3 Å². The van der Waals surface area contributed by atoms with E-state index in [4.69, 9.17) is 5.11 Å². The molecule has 1 aromatic carbocycles. The van der Waals surface area contributed by atoms with Crippen molar-refractivity contribution in [3.63, 3.8) is 0 Å². The van der Waals surface area contributed by atoms with Gasteiger partial charge in [0.2, 0.25) is 5.91 Å². The number of benzene rings is 1. The van der Waals surface area contributed by atoms with Crippen LogP contribution in [0.4, 0.5) is 17.2 Å². The molecule has 0 aliphatic rings. The van der Waals surface area contributed by atoms with Gasteiger partial charge in [0.15, 0.2) is 11.5 Å². The summed E-state index contributed by atoms with van der Waals surface area (Å²) in [4.78, 5) is 33.6. The molecule has 1 aromatic heterocycles. The first-order valence-electron chi connectivity index (χ1n) is 6.20. The van der Waals surface area contributed by atoms with Gasteiger partial charge in [-0.15, -0.1) is 5.11 Å². The monoisotopic (exact) mass is 303 g/mol. The maximum Gasteiger partial charge on any atom is 0.335 e. The number of aromatic nitrogens is 2. The molecule has 22 heavy (non-hydrogen) atoms. The van der Waals surface area contributed by atoms with Gasteiger partial charge < -0.3 is 10.4 Å². The zero-order valence-electron chi connectivity index (χ0n) is 11.8. The highest BCUT2D eigenvalue weighted by Crippen LogP contribution is 2.22. The summed E-state index contributed by atoms with van der Waals surface area (Å²) in [6.07, 6.45) is 0. The molecule has 2 rings (SSSR count). The SMILES string of the molecule is CC(=O)Nc1c(N=Nc2ccc(C(=O)O)cc2)c(=O)[nH]n1C. The first-order chi connectivity index (χ1) is 10.4. The molecule has 0 aliphatic heterocycles. The number of nitrogens with one attached hydrogen (secondary N) is 2. The molecule has 0 radical (unpaired) electrons. The fourth-order valence-electron chi connectivity index (χ4n) is 1.71. The molecule has 0 aliphatic carbocycles. The lowest BCUT2D eigenvalue weighted by Crippen LogP contribution is -2.09. The van der Waals surface area contributed by atoms with Crippen molar-refractivity contribution in [2.45, 2.75) is 6.92 Å². The van der Waals surface area contributed by atoms with Gasteiger partial charge in [-0.3, -0.25) is 19.4 Å². The number of anilines is 1. The Kier molecular flexibility index (Phi) is 4.16. The lowest BCUT2D eigenvalue weighted by molar-refractivity contribution is -0.114. The van der Waals surface area contributed by atoms with Crippen LogP contribution < -0.4 is 10.9 Å². The molecule has 0 spiro atoms. The van der Waals surface area contributed by atoms with Crippen LogP contribution in [0.1, 0.15) is 17.3 Å². The number of aryl methyl sites for hydroxylation is 1. The smallest absolute Gasteiger partial charge is 0.335 e. The van der Waals surface area contributed by atoms with Crippen molar-refractivity contribution in [1.82, 2.24) is 9.78 Å². The highest BCUT2D eigenvalue weighted by atomic mass is 16.4. The highest BCUT2D eigenvalue weighted by Gasteiger charge is 2.13. The van der Waals surface area contributed by atoms with Gasteiger partial charge in [0, 0.05) is 14.0 Å². The van der Waals surface area contributed by atoms with Gasteiger partial charge in [-0.2, -0.15) is 5.11 Å². The van der Waals surface area contributed by atoms with E-state index in [0.717, 1.165) is 0 Å². The quantitative estimate of drug-likeness (QED) is 0.743. The molecule has 0 fully saturated rings. The minimum atomic E-state index is -1.05. The number of amides is 1. The average molecular weight is 303 g/mol. The van der Waals surface area contributed by atoms with E-state index in [1.165, 1.54) is 35.9 Å². The number of nitrogens with zero attached hydrogens (tertiary/aromatic N) is 3. The molecule has 0 atom stereocenters. The maximum atomic E-state index is 11.7. The van der Waals surface area contributed by atoms with E-state index < -0.39 is 11.5 Å². The predicted molar refractivity (Wildman–Crippen MR) is 77.9 cm³/mol. The molecule has 114 valence electrons. The highest BCUT2D eigenvalue weighted by molar-refractivity contribution is 5.90. The average Bonchev–Trinajstić information content (AvgIpc) is 2.71. The van der Waals surface area contributed by atoms with Crippen LogP contribution in [-0.4, -0.2) is 26.8 Å². The van der Waals surface area contributed by atoms with Crippen molar-refractivity contribution in [3.8, 4) is 0 Å². The van der Waals surface area contributed by atoms with Crippen molar-refractivity contribution < 1.29 is 14.7 Å². The number of carbonyl (C=O) groups excluding carboxylic acids is 1. The number of carbonyl (C=O) groups is 2. The largest absolute Gasteiger partial charge is 0.478 e. The van der Waals surface area contributed by atoms with E-state index in [1.54, 1.807) is 7.05 Å². The number of aromatic carboxylic acids is 1. The van der Waals surface area contributed by atoms with Crippen LogP contribution >= 0.6 is 0 Å². The third-order valence-electron chi connectivity index (χ3n) is 2.72. The van der Waals surface area contributed by atoms with E-state index in [2.05, 4.69) is 20.6 Å². The second-order valence-corrected chi connectivity index (χ2v) is 4.43. The minimum Gasteiger partial charge on any atom is -0.478 e. The van der Waals surface area contributed by atoms with Crippen LogP contribution in [0.5, 0.6) is 0 Å². The van der Waals surface area contributed by atoms with Gasteiger partial charge in [0.1, 0.15) is 0 Å². The Balaban J connectivity index is 2.31. The maximum absolute atomic E-state index is 11.7. The summed E-state index contributed by atoms with van der Waals surface area (Å²) in [5.74, 6) is -1.20. The molecule has 9 nitrogen and oxygen atoms in total. The number of carboxylic acids is 1. The summed E-state index contributed by atoms with van der Waals surface area (Å²) in [5, 5.41) is 21.4. The van der Waals surface area contributed by atoms with Crippen molar-refractivity contribution in [2.75, 3.05) is 5.32 Å². The van der Waals surface area contributed by atoms with Crippen molar-refractivity contribution >= 4 is 29.1 Å². The Morgan fingerprint density at radius 1 is 1.23 bits per heavy atom. The van der Waals surface area contributed by atoms with Gasteiger partial charge in [-0.25, -0.2) is 4.79 Å². The number of azo groups is 1. The van der Waals surface area contributed by atoms with Crippen LogP contribution in [0.2, 0.25) is 0 Å². The number of hydrogen-bond donors (Lipinski definition) is 3. The molecule has 3 N–H and O–H groups in total. The van der Waals surface area contributed by atoms with Gasteiger partial charge in [0.05, 0.1) is 11.3 Å². The summed E-state index contributed by atoms with van der Waals surface area (Å²) >= 11 is 0. The normalized spacial score (nSPS) is 10.8. The molecule has 1 heterocycles. The number of rotatable bonds is 4. The van der Waals surface area contributed by atoms with E-state index in [0.29, 0.717) is 5.69 Å². The van der Waals surface area contributed by atoms with E-state index >= 15 is 0 Å². The molecule has 1 amide bonds. The summed E-state index contributed by atoms with van der Waals surface area (Å²) in [7, 11) is 1.55. The Hall–Kier alpha value is -3.23. The number of carboxylic acid groups (broad SMARTS) is 1. The van der Waals surface area contributed by atoms with Crippen LogP contribution in [0.25, 0.3) is 0 Å². The molecule has 0 bridgehead atoms. The molecule has 0 saturated carbocycles. The van der Waals surface area contributed by atoms with E-state index in [-0.39, 0.29) is 23.0 Å². The van der Waals surface area contributed by atoms with Crippen LogP contribution in [0.15, 0.2) is 39.3 Å². The fraction of sp³-hybridized carbons (Fsp3) is 0.154. The Morgan fingerprint density at radius 2 is 1.86 bits per heavy atom. The molecule has 2 aromatic rings. The second kappa shape index (κ2) is 6.04.